The molecule has 0 spiro atoms. The normalized spacial score (nSPS) is 19.3. The number of nitrogens with one attached hydrogen (secondary N) is 1. The van der Waals surface area contributed by atoms with Crippen molar-refractivity contribution in [1.82, 2.24) is 5.32 Å². The highest BCUT2D eigenvalue weighted by Gasteiger charge is 2.23. The molecule has 1 fully saturated rings. The van der Waals surface area contributed by atoms with Gasteiger partial charge >= 0.3 is 0 Å². The van der Waals surface area contributed by atoms with Gasteiger partial charge in [0.25, 0.3) is 0 Å². The zero-order chi connectivity index (χ0) is 9.97. The second kappa shape index (κ2) is 4.49. The first-order chi connectivity index (χ1) is 6.79. The Morgan fingerprint density at radius 1 is 1.57 bits per heavy atom. The molecule has 0 aromatic carbocycles. The van der Waals surface area contributed by atoms with Gasteiger partial charge in [0.05, 0.1) is 6.04 Å². The van der Waals surface area contributed by atoms with Gasteiger partial charge in [0, 0.05) is 0 Å². The van der Waals surface area contributed by atoms with E-state index in [0.717, 1.165) is 16.3 Å². The summed E-state index contributed by atoms with van der Waals surface area (Å²) in [7, 11) is 2.00. The summed E-state index contributed by atoms with van der Waals surface area (Å²) in [4.78, 5) is 0. The highest BCUT2D eigenvalue weighted by Crippen LogP contribution is 2.35. The Balaban J connectivity index is 1.97. The first-order valence-corrected chi connectivity index (χ1v) is 6.01. The van der Waals surface area contributed by atoms with Crippen molar-refractivity contribution in [3.8, 4) is 0 Å². The van der Waals surface area contributed by atoms with E-state index in [9.17, 15) is 0 Å². The predicted octanol–water partition coefficient (Wildman–Crippen LogP) is 3.49. The van der Waals surface area contributed by atoms with Gasteiger partial charge in [-0.25, -0.2) is 0 Å². The molecule has 3 heteroatoms. The Hall–Kier alpha value is -0.280. The van der Waals surface area contributed by atoms with Crippen molar-refractivity contribution in [2.24, 2.45) is 5.92 Å². The molecule has 0 amide bonds. The van der Waals surface area contributed by atoms with Crippen molar-refractivity contribution in [2.75, 3.05) is 7.05 Å². The molecule has 1 aliphatic rings. The molecule has 1 saturated carbocycles. The zero-order valence-corrected chi connectivity index (χ0v) is 10.0. The molecule has 1 aromatic heterocycles. The monoisotopic (exact) mass is 257 g/mol. The smallest absolute Gasteiger partial charge is 0.169 e. The first kappa shape index (κ1) is 10.2. The molecule has 1 unspecified atom stereocenters. The molecule has 1 atom stereocenters. The average Bonchev–Trinajstić information content (AvgIpc) is 2.50. The number of hydrogen-bond acceptors (Lipinski definition) is 2. The summed E-state index contributed by atoms with van der Waals surface area (Å²) in [5.74, 6) is 1.95. The first-order valence-electron chi connectivity index (χ1n) is 5.22. The van der Waals surface area contributed by atoms with E-state index in [1.54, 1.807) is 0 Å². The van der Waals surface area contributed by atoms with Crippen LogP contribution in [0, 0.1) is 5.92 Å². The summed E-state index contributed by atoms with van der Waals surface area (Å²) >= 11 is 3.33. The highest BCUT2D eigenvalue weighted by atomic mass is 79.9. The van der Waals surface area contributed by atoms with Gasteiger partial charge in [-0.3, -0.25) is 0 Å². The number of rotatable bonds is 4. The fourth-order valence-corrected chi connectivity index (χ4v) is 2.27. The topological polar surface area (TPSA) is 25.2 Å². The Morgan fingerprint density at radius 3 is 2.79 bits per heavy atom. The molecule has 2 nitrogen and oxygen atoms in total. The van der Waals surface area contributed by atoms with Gasteiger partial charge in [-0.2, -0.15) is 0 Å². The quantitative estimate of drug-likeness (QED) is 0.894. The lowest BCUT2D eigenvalue weighted by Gasteiger charge is -2.28. The number of furan rings is 1. The van der Waals surface area contributed by atoms with Crippen LogP contribution < -0.4 is 5.32 Å². The molecule has 1 aromatic rings. The minimum absolute atomic E-state index is 0.381. The van der Waals surface area contributed by atoms with Crippen molar-refractivity contribution in [3.63, 3.8) is 0 Å². The largest absolute Gasteiger partial charge is 0.453 e. The maximum absolute atomic E-state index is 5.56. The summed E-state index contributed by atoms with van der Waals surface area (Å²) in [6, 6.07) is 4.39. The van der Waals surface area contributed by atoms with Gasteiger partial charge in [-0.1, -0.05) is 19.3 Å². The fourth-order valence-electron chi connectivity index (χ4n) is 1.95. The predicted molar refractivity (Wildman–Crippen MR) is 60.2 cm³/mol. The molecular formula is C11H16BrNO. The van der Waals surface area contributed by atoms with Crippen LogP contribution in [0.2, 0.25) is 0 Å². The maximum Gasteiger partial charge on any atom is 0.169 e. The van der Waals surface area contributed by atoms with E-state index >= 15 is 0 Å². The molecule has 1 aliphatic carbocycles. The molecule has 14 heavy (non-hydrogen) atoms. The molecule has 2 rings (SSSR count). The van der Waals surface area contributed by atoms with E-state index in [1.807, 2.05) is 19.2 Å². The second-order valence-corrected chi connectivity index (χ2v) is 4.80. The van der Waals surface area contributed by atoms with Crippen molar-refractivity contribution in [1.29, 1.82) is 0 Å². The Kier molecular flexibility index (Phi) is 3.29. The molecule has 1 heterocycles. The zero-order valence-electron chi connectivity index (χ0n) is 8.42. The Morgan fingerprint density at radius 2 is 2.36 bits per heavy atom. The van der Waals surface area contributed by atoms with Crippen LogP contribution in [0.5, 0.6) is 0 Å². The van der Waals surface area contributed by atoms with Crippen LogP contribution in [-0.4, -0.2) is 7.05 Å². The molecule has 0 saturated heterocycles. The van der Waals surface area contributed by atoms with Crippen LogP contribution in [0.15, 0.2) is 21.2 Å². The minimum atomic E-state index is 0.381. The van der Waals surface area contributed by atoms with Gasteiger partial charge < -0.3 is 9.73 Å². The summed E-state index contributed by atoms with van der Waals surface area (Å²) in [5, 5.41) is 3.32. The SMILES string of the molecule is CNC(CC1CCC1)c1ccc(Br)o1. The van der Waals surface area contributed by atoms with Crippen LogP contribution in [0.1, 0.15) is 37.5 Å². The van der Waals surface area contributed by atoms with Crippen molar-refractivity contribution in [2.45, 2.75) is 31.7 Å². The maximum atomic E-state index is 5.56. The highest BCUT2D eigenvalue weighted by molar-refractivity contribution is 9.10. The third kappa shape index (κ3) is 2.20. The van der Waals surface area contributed by atoms with E-state index in [1.165, 1.54) is 25.7 Å². The summed E-state index contributed by atoms with van der Waals surface area (Å²) in [6.07, 6.45) is 5.39. The van der Waals surface area contributed by atoms with Crippen molar-refractivity contribution < 1.29 is 4.42 Å². The third-order valence-electron chi connectivity index (χ3n) is 3.08. The Labute approximate surface area is 93.2 Å². The van der Waals surface area contributed by atoms with Crippen LogP contribution in [0.3, 0.4) is 0 Å². The molecule has 0 bridgehead atoms. The standard InChI is InChI=1S/C11H16BrNO/c1-13-9(7-8-3-2-4-8)10-5-6-11(12)14-10/h5-6,8-9,13H,2-4,7H2,1H3. The van der Waals surface area contributed by atoms with Gasteiger partial charge in [0.2, 0.25) is 0 Å². The average molecular weight is 258 g/mol. The van der Waals surface area contributed by atoms with Gasteiger partial charge in [0.15, 0.2) is 4.67 Å². The van der Waals surface area contributed by atoms with E-state index < -0.39 is 0 Å². The Bertz CT molecular complexity index is 293. The van der Waals surface area contributed by atoms with Crippen LogP contribution in [0.4, 0.5) is 0 Å². The lowest BCUT2D eigenvalue weighted by atomic mass is 9.80. The van der Waals surface area contributed by atoms with E-state index in [-0.39, 0.29) is 0 Å². The molecule has 0 radical (unpaired) electrons. The van der Waals surface area contributed by atoms with E-state index in [2.05, 4.69) is 21.2 Å². The number of hydrogen-bond donors (Lipinski definition) is 1. The lowest BCUT2D eigenvalue weighted by Crippen LogP contribution is -2.22. The summed E-state index contributed by atoms with van der Waals surface area (Å²) in [6.45, 7) is 0. The third-order valence-corrected chi connectivity index (χ3v) is 3.51. The second-order valence-electron chi connectivity index (χ2n) is 4.02. The van der Waals surface area contributed by atoms with Crippen molar-refractivity contribution in [3.05, 3.63) is 22.6 Å². The van der Waals surface area contributed by atoms with Crippen molar-refractivity contribution >= 4 is 15.9 Å². The molecule has 1 N–H and O–H groups in total. The summed E-state index contributed by atoms with van der Waals surface area (Å²) < 4.78 is 6.38. The van der Waals surface area contributed by atoms with Gasteiger partial charge in [-0.05, 0) is 47.4 Å². The van der Waals surface area contributed by atoms with E-state index in [4.69, 9.17) is 4.42 Å². The van der Waals surface area contributed by atoms with Gasteiger partial charge in [-0.15, -0.1) is 0 Å². The van der Waals surface area contributed by atoms with Crippen LogP contribution in [-0.2, 0) is 0 Å². The van der Waals surface area contributed by atoms with E-state index in [0.29, 0.717) is 6.04 Å². The molecular weight excluding hydrogens is 242 g/mol. The van der Waals surface area contributed by atoms with Gasteiger partial charge in [0.1, 0.15) is 5.76 Å². The fraction of sp³-hybridized carbons (Fsp3) is 0.636. The lowest BCUT2D eigenvalue weighted by molar-refractivity contribution is 0.250. The summed E-state index contributed by atoms with van der Waals surface area (Å²) in [5.41, 5.74) is 0. The van der Waals surface area contributed by atoms with Crippen LogP contribution >= 0.6 is 15.9 Å². The molecule has 78 valence electrons. The molecule has 0 aliphatic heterocycles. The number of halogens is 1. The minimum Gasteiger partial charge on any atom is -0.453 e. The van der Waals surface area contributed by atoms with Crippen LogP contribution in [0.25, 0.3) is 0 Å².